The summed E-state index contributed by atoms with van der Waals surface area (Å²) < 4.78 is 5.32. The Hall–Kier alpha value is -1.46. The van der Waals surface area contributed by atoms with E-state index in [1.807, 2.05) is 0 Å². The molecule has 17 heavy (non-hydrogen) atoms. The number of nitrogens with zero attached hydrogens (tertiary/aromatic N) is 1. The minimum Gasteiger partial charge on any atom is -0.393 e. The lowest BCUT2D eigenvalue weighted by Crippen LogP contribution is -2.33. The second kappa shape index (κ2) is 5.25. The molecule has 0 aromatic heterocycles. The van der Waals surface area contributed by atoms with Gasteiger partial charge in [-0.2, -0.15) is 0 Å². The Morgan fingerprint density at radius 2 is 2.12 bits per heavy atom. The summed E-state index contributed by atoms with van der Waals surface area (Å²) in [7, 11) is 0. The molecule has 1 fully saturated rings. The van der Waals surface area contributed by atoms with Crippen LogP contribution in [-0.4, -0.2) is 29.3 Å². The van der Waals surface area contributed by atoms with Crippen molar-refractivity contribution in [2.45, 2.75) is 18.9 Å². The number of aliphatic hydroxyl groups excluding tert-OH is 1. The van der Waals surface area contributed by atoms with E-state index in [1.165, 1.54) is 12.1 Å². The summed E-state index contributed by atoms with van der Waals surface area (Å²) in [5.74, 6) is 0.0882. The zero-order valence-electron chi connectivity index (χ0n) is 9.41. The number of ether oxygens (including phenoxy) is 1. The number of nitro benzene ring substituents is 1. The van der Waals surface area contributed by atoms with Crippen LogP contribution in [0.4, 0.5) is 5.69 Å². The molecule has 2 atom stereocenters. The molecule has 5 nitrogen and oxygen atoms in total. The van der Waals surface area contributed by atoms with Gasteiger partial charge in [-0.3, -0.25) is 10.1 Å². The molecule has 1 aliphatic heterocycles. The third-order valence-electron chi connectivity index (χ3n) is 3.08. The molecule has 0 saturated carbocycles. The standard InChI is InChI=1S/C12H15NO4/c14-12-5-6-17-8-10(12)7-9-1-3-11(4-2-9)13(15)16/h1-4,10,12,14H,5-8H2. The van der Waals surface area contributed by atoms with Gasteiger partial charge in [0.25, 0.3) is 5.69 Å². The van der Waals surface area contributed by atoms with Crippen LogP contribution >= 0.6 is 0 Å². The highest BCUT2D eigenvalue weighted by molar-refractivity contribution is 5.33. The Morgan fingerprint density at radius 1 is 1.41 bits per heavy atom. The highest BCUT2D eigenvalue weighted by Gasteiger charge is 2.23. The molecule has 0 amide bonds. The van der Waals surface area contributed by atoms with Gasteiger partial charge in [-0.1, -0.05) is 12.1 Å². The third kappa shape index (κ3) is 3.01. The molecule has 1 aliphatic rings. The summed E-state index contributed by atoms with van der Waals surface area (Å²) in [4.78, 5) is 10.1. The highest BCUT2D eigenvalue weighted by atomic mass is 16.6. The van der Waals surface area contributed by atoms with E-state index in [2.05, 4.69) is 0 Å². The van der Waals surface area contributed by atoms with Gasteiger partial charge in [0.1, 0.15) is 0 Å². The summed E-state index contributed by atoms with van der Waals surface area (Å²) in [5, 5.41) is 20.3. The van der Waals surface area contributed by atoms with E-state index >= 15 is 0 Å². The Labute approximate surface area is 99.2 Å². The molecule has 0 spiro atoms. The van der Waals surface area contributed by atoms with Crippen LogP contribution in [0.1, 0.15) is 12.0 Å². The predicted molar refractivity (Wildman–Crippen MR) is 61.7 cm³/mol. The van der Waals surface area contributed by atoms with Gasteiger partial charge in [-0.15, -0.1) is 0 Å². The van der Waals surface area contributed by atoms with Gasteiger partial charge in [0, 0.05) is 24.7 Å². The van der Waals surface area contributed by atoms with Crippen LogP contribution in [0.5, 0.6) is 0 Å². The van der Waals surface area contributed by atoms with Crippen LogP contribution in [0.2, 0.25) is 0 Å². The van der Waals surface area contributed by atoms with Gasteiger partial charge < -0.3 is 9.84 Å². The molecule has 0 bridgehead atoms. The van der Waals surface area contributed by atoms with E-state index in [4.69, 9.17) is 4.74 Å². The first kappa shape index (κ1) is 12.0. The average Bonchev–Trinajstić information content (AvgIpc) is 2.33. The van der Waals surface area contributed by atoms with Crippen molar-refractivity contribution in [1.29, 1.82) is 0 Å². The number of hydrogen-bond acceptors (Lipinski definition) is 4. The largest absolute Gasteiger partial charge is 0.393 e. The maximum atomic E-state index is 10.5. The van der Waals surface area contributed by atoms with Gasteiger partial charge in [0.05, 0.1) is 17.6 Å². The molecular formula is C12H15NO4. The molecule has 1 aromatic carbocycles. The Kier molecular flexibility index (Phi) is 3.71. The third-order valence-corrected chi connectivity index (χ3v) is 3.08. The van der Waals surface area contributed by atoms with E-state index in [0.29, 0.717) is 26.1 Å². The summed E-state index contributed by atoms with van der Waals surface area (Å²) in [6.45, 7) is 1.16. The van der Waals surface area contributed by atoms with Gasteiger partial charge in [-0.05, 0) is 18.4 Å². The first-order chi connectivity index (χ1) is 8.16. The van der Waals surface area contributed by atoms with Gasteiger partial charge in [0.15, 0.2) is 0 Å². The molecule has 0 aliphatic carbocycles. The minimum absolute atomic E-state index is 0.0882. The number of nitro groups is 1. The van der Waals surface area contributed by atoms with E-state index in [9.17, 15) is 15.2 Å². The lowest BCUT2D eigenvalue weighted by molar-refractivity contribution is -0.384. The van der Waals surface area contributed by atoms with E-state index < -0.39 is 4.92 Å². The van der Waals surface area contributed by atoms with Crippen molar-refractivity contribution in [1.82, 2.24) is 0 Å². The number of non-ortho nitro benzene ring substituents is 1. The zero-order chi connectivity index (χ0) is 12.3. The SMILES string of the molecule is O=[N+]([O-])c1ccc(CC2COCCC2O)cc1. The van der Waals surface area contributed by atoms with Crippen LogP contribution in [0.15, 0.2) is 24.3 Å². The van der Waals surface area contributed by atoms with Crippen molar-refractivity contribution in [3.63, 3.8) is 0 Å². The topological polar surface area (TPSA) is 72.6 Å². The summed E-state index contributed by atoms with van der Waals surface area (Å²) in [6.07, 6.45) is 1.02. The van der Waals surface area contributed by atoms with Crippen molar-refractivity contribution >= 4 is 5.69 Å². The highest BCUT2D eigenvalue weighted by Crippen LogP contribution is 2.21. The lowest BCUT2D eigenvalue weighted by Gasteiger charge is -2.27. The quantitative estimate of drug-likeness (QED) is 0.639. The summed E-state index contributed by atoms with van der Waals surface area (Å²) in [5.41, 5.74) is 1.08. The van der Waals surface area contributed by atoms with Crippen LogP contribution in [0, 0.1) is 16.0 Å². The van der Waals surface area contributed by atoms with E-state index in [1.54, 1.807) is 12.1 Å². The van der Waals surface area contributed by atoms with Crippen molar-refractivity contribution in [2.75, 3.05) is 13.2 Å². The smallest absolute Gasteiger partial charge is 0.269 e. The molecule has 5 heteroatoms. The van der Waals surface area contributed by atoms with Crippen LogP contribution in [0.3, 0.4) is 0 Å². The summed E-state index contributed by atoms with van der Waals surface area (Å²) >= 11 is 0. The lowest BCUT2D eigenvalue weighted by atomic mass is 9.91. The fourth-order valence-corrected chi connectivity index (χ4v) is 2.04. The maximum absolute atomic E-state index is 10.5. The van der Waals surface area contributed by atoms with Gasteiger partial charge in [-0.25, -0.2) is 0 Å². The summed E-state index contributed by atoms with van der Waals surface area (Å²) in [6, 6.07) is 6.45. The van der Waals surface area contributed by atoms with E-state index in [0.717, 1.165) is 5.56 Å². The fraction of sp³-hybridized carbons (Fsp3) is 0.500. The molecule has 2 unspecified atom stereocenters. The second-order valence-corrected chi connectivity index (χ2v) is 4.32. The Morgan fingerprint density at radius 3 is 2.71 bits per heavy atom. The fourth-order valence-electron chi connectivity index (χ4n) is 2.04. The number of hydrogen-bond donors (Lipinski definition) is 1. The van der Waals surface area contributed by atoms with Gasteiger partial charge >= 0.3 is 0 Å². The molecule has 1 aromatic rings. The van der Waals surface area contributed by atoms with Crippen LogP contribution in [0.25, 0.3) is 0 Å². The molecule has 92 valence electrons. The van der Waals surface area contributed by atoms with Gasteiger partial charge in [0.2, 0.25) is 0 Å². The predicted octanol–water partition coefficient (Wildman–Crippen LogP) is 1.53. The molecular weight excluding hydrogens is 222 g/mol. The number of rotatable bonds is 3. The molecule has 2 rings (SSSR count). The number of benzene rings is 1. The first-order valence-electron chi connectivity index (χ1n) is 5.66. The molecule has 1 heterocycles. The van der Waals surface area contributed by atoms with Crippen molar-refractivity contribution < 1.29 is 14.8 Å². The molecule has 0 radical (unpaired) electrons. The van der Waals surface area contributed by atoms with Crippen LogP contribution in [-0.2, 0) is 11.2 Å². The minimum atomic E-state index is -0.414. The number of aliphatic hydroxyl groups is 1. The monoisotopic (exact) mass is 237 g/mol. The second-order valence-electron chi connectivity index (χ2n) is 4.32. The zero-order valence-corrected chi connectivity index (χ0v) is 9.41. The van der Waals surface area contributed by atoms with Crippen LogP contribution < -0.4 is 0 Å². The average molecular weight is 237 g/mol. The maximum Gasteiger partial charge on any atom is 0.269 e. The van der Waals surface area contributed by atoms with E-state index in [-0.39, 0.29) is 17.7 Å². The molecule has 1 saturated heterocycles. The first-order valence-corrected chi connectivity index (χ1v) is 5.66. The van der Waals surface area contributed by atoms with Crippen molar-refractivity contribution in [3.05, 3.63) is 39.9 Å². The van der Waals surface area contributed by atoms with Crippen molar-refractivity contribution in [3.8, 4) is 0 Å². The normalized spacial score (nSPS) is 24.5. The molecule has 1 N–H and O–H groups in total. The van der Waals surface area contributed by atoms with Crippen molar-refractivity contribution in [2.24, 2.45) is 5.92 Å². The Balaban J connectivity index is 2.00. The Bertz CT molecular complexity index is 390.